The molecule has 1 aliphatic carbocycles. The summed E-state index contributed by atoms with van der Waals surface area (Å²) in [6, 6.07) is 5.25. The molecule has 3 unspecified atom stereocenters. The summed E-state index contributed by atoms with van der Waals surface area (Å²) in [5.74, 6) is 1.31. The van der Waals surface area contributed by atoms with E-state index in [1.807, 2.05) is 0 Å². The summed E-state index contributed by atoms with van der Waals surface area (Å²) in [6.07, 6.45) is 6.99. The first-order valence-corrected chi connectivity index (χ1v) is 8.65. The lowest BCUT2D eigenvalue weighted by molar-refractivity contribution is 0.220. The largest absolute Gasteiger partial charge is 0.313 e. The molecule has 0 amide bonds. The third-order valence-corrected chi connectivity index (χ3v) is 4.89. The van der Waals surface area contributed by atoms with Crippen molar-refractivity contribution in [1.82, 2.24) is 5.32 Å². The second kappa shape index (κ2) is 8.14. The summed E-state index contributed by atoms with van der Waals surface area (Å²) in [6.45, 7) is 5.51. The summed E-state index contributed by atoms with van der Waals surface area (Å²) in [7, 11) is 0. The molecule has 1 aromatic rings. The number of hydrogen-bond acceptors (Lipinski definition) is 1. The summed E-state index contributed by atoms with van der Waals surface area (Å²) >= 11 is 6.03. The van der Waals surface area contributed by atoms with Gasteiger partial charge in [0.25, 0.3) is 0 Å². The smallest absolute Gasteiger partial charge is 0.126 e. The van der Waals surface area contributed by atoms with Crippen molar-refractivity contribution in [2.45, 2.75) is 58.4 Å². The number of benzene rings is 1. The van der Waals surface area contributed by atoms with Gasteiger partial charge in [-0.15, -0.1) is 0 Å². The van der Waals surface area contributed by atoms with Gasteiger partial charge in [0.05, 0.1) is 0 Å². The van der Waals surface area contributed by atoms with E-state index in [-0.39, 0.29) is 5.82 Å². The Labute approximate surface area is 133 Å². The molecule has 3 atom stereocenters. The molecule has 0 radical (unpaired) electrons. The lowest BCUT2D eigenvalue weighted by Crippen LogP contribution is -2.40. The van der Waals surface area contributed by atoms with E-state index < -0.39 is 0 Å². The maximum atomic E-state index is 14.0. The van der Waals surface area contributed by atoms with E-state index in [0.717, 1.165) is 30.9 Å². The summed E-state index contributed by atoms with van der Waals surface area (Å²) in [4.78, 5) is 0. The predicted octanol–water partition coefficient (Wildman–Crippen LogP) is 5.22. The fraction of sp³-hybridized carbons (Fsp3) is 0.667. The van der Waals surface area contributed by atoms with Crippen molar-refractivity contribution >= 4 is 11.6 Å². The van der Waals surface area contributed by atoms with Gasteiger partial charge < -0.3 is 5.32 Å². The fourth-order valence-electron chi connectivity index (χ4n) is 3.52. The van der Waals surface area contributed by atoms with Gasteiger partial charge in [0.2, 0.25) is 0 Å². The topological polar surface area (TPSA) is 12.0 Å². The van der Waals surface area contributed by atoms with Crippen LogP contribution in [0.4, 0.5) is 4.39 Å². The Morgan fingerprint density at radius 1 is 1.38 bits per heavy atom. The van der Waals surface area contributed by atoms with Gasteiger partial charge in [0.1, 0.15) is 5.82 Å². The van der Waals surface area contributed by atoms with E-state index in [4.69, 9.17) is 11.6 Å². The Morgan fingerprint density at radius 3 is 2.90 bits per heavy atom. The normalized spacial score (nSPS) is 24.0. The second-order valence-corrected chi connectivity index (χ2v) is 6.97. The Balaban J connectivity index is 2.09. The number of hydrogen-bond donors (Lipinski definition) is 1. The van der Waals surface area contributed by atoms with Gasteiger partial charge in [0, 0.05) is 11.1 Å². The molecule has 1 aliphatic rings. The molecule has 0 aliphatic heterocycles. The maximum absolute atomic E-state index is 14.0. The molecule has 1 saturated carbocycles. The molecule has 0 bridgehead atoms. The highest BCUT2D eigenvalue weighted by Gasteiger charge is 2.27. The highest BCUT2D eigenvalue weighted by atomic mass is 35.5. The molecular formula is C18H27ClFN. The molecule has 1 fully saturated rings. The number of halogens is 2. The Bertz CT molecular complexity index is 449. The number of rotatable bonds is 6. The van der Waals surface area contributed by atoms with E-state index in [1.54, 1.807) is 12.1 Å². The van der Waals surface area contributed by atoms with Crippen LogP contribution in [0.15, 0.2) is 18.2 Å². The minimum atomic E-state index is -0.133. The molecular weight excluding hydrogens is 285 g/mol. The highest BCUT2D eigenvalue weighted by molar-refractivity contribution is 6.30. The summed E-state index contributed by atoms with van der Waals surface area (Å²) < 4.78 is 14.0. The van der Waals surface area contributed by atoms with Crippen molar-refractivity contribution in [2.24, 2.45) is 11.8 Å². The van der Waals surface area contributed by atoms with Crippen LogP contribution in [0, 0.1) is 17.7 Å². The zero-order valence-electron chi connectivity index (χ0n) is 13.2. The van der Waals surface area contributed by atoms with Crippen molar-refractivity contribution in [3.05, 3.63) is 34.6 Å². The third-order valence-electron chi connectivity index (χ3n) is 4.65. The van der Waals surface area contributed by atoms with Crippen molar-refractivity contribution < 1.29 is 4.39 Å². The Morgan fingerprint density at radius 2 is 2.19 bits per heavy atom. The molecule has 1 N–H and O–H groups in total. The van der Waals surface area contributed by atoms with Crippen molar-refractivity contribution in [3.63, 3.8) is 0 Å². The van der Waals surface area contributed by atoms with Gasteiger partial charge >= 0.3 is 0 Å². The van der Waals surface area contributed by atoms with Crippen LogP contribution in [0.25, 0.3) is 0 Å². The average Bonchev–Trinajstić information content (AvgIpc) is 2.47. The molecule has 0 saturated heterocycles. The molecule has 0 heterocycles. The van der Waals surface area contributed by atoms with Crippen LogP contribution in [0.3, 0.4) is 0 Å². The molecule has 1 aromatic carbocycles. The molecule has 3 heteroatoms. The Hall–Kier alpha value is -0.600. The van der Waals surface area contributed by atoms with Gasteiger partial charge in [-0.2, -0.15) is 0 Å². The highest BCUT2D eigenvalue weighted by Crippen LogP contribution is 2.32. The molecule has 1 nitrogen and oxygen atoms in total. The molecule has 118 valence electrons. The van der Waals surface area contributed by atoms with Gasteiger partial charge in [-0.25, -0.2) is 4.39 Å². The average molecular weight is 312 g/mol. The second-order valence-electron chi connectivity index (χ2n) is 6.53. The molecule has 2 rings (SSSR count). The molecule has 0 aromatic heterocycles. The lowest BCUT2D eigenvalue weighted by atomic mass is 9.77. The van der Waals surface area contributed by atoms with Gasteiger partial charge in [0.15, 0.2) is 0 Å². The minimum Gasteiger partial charge on any atom is -0.313 e. The standard InChI is InChI=1S/C18H27ClFN/c1-3-9-21-18(14-6-4-5-13(2)10-14)12-15-11-16(19)7-8-17(15)20/h7-8,11,13-14,18,21H,3-6,9-10,12H2,1-2H3. The first-order chi connectivity index (χ1) is 10.1. The summed E-state index contributed by atoms with van der Waals surface area (Å²) in [5.41, 5.74) is 0.745. The van der Waals surface area contributed by atoms with E-state index in [2.05, 4.69) is 19.2 Å². The van der Waals surface area contributed by atoms with E-state index in [1.165, 1.54) is 31.7 Å². The first kappa shape index (κ1) is 16.8. The lowest BCUT2D eigenvalue weighted by Gasteiger charge is -2.34. The van der Waals surface area contributed by atoms with E-state index in [0.29, 0.717) is 17.0 Å². The van der Waals surface area contributed by atoms with Crippen molar-refractivity contribution in [3.8, 4) is 0 Å². The van der Waals surface area contributed by atoms with Crippen molar-refractivity contribution in [2.75, 3.05) is 6.54 Å². The van der Waals surface area contributed by atoms with Crippen LogP contribution < -0.4 is 5.32 Å². The summed E-state index contributed by atoms with van der Waals surface area (Å²) in [5, 5.41) is 4.27. The monoisotopic (exact) mass is 311 g/mol. The van der Waals surface area contributed by atoms with Crippen LogP contribution in [0.1, 0.15) is 51.5 Å². The van der Waals surface area contributed by atoms with Gasteiger partial charge in [-0.3, -0.25) is 0 Å². The van der Waals surface area contributed by atoms with Crippen LogP contribution in [-0.4, -0.2) is 12.6 Å². The Kier molecular flexibility index (Phi) is 6.50. The molecule has 21 heavy (non-hydrogen) atoms. The van der Waals surface area contributed by atoms with E-state index >= 15 is 0 Å². The quantitative estimate of drug-likeness (QED) is 0.760. The minimum absolute atomic E-state index is 0.133. The maximum Gasteiger partial charge on any atom is 0.126 e. The van der Waals surface area contributed by atoms with Gasteiger partial charge in [-0.05, 0) is 67.8 Å². The zero-order chi connectivity index (χ0) is 15.2. The van der Waals surface area contributed by atoms with Crippen molar-refractivity contribution in [1.29, 1.82) is 0 Å². The first-order valence-electron chi connectivity index (χ1n) is 8.27. The van der Waals surface area contributed by atoms with Gasteiger partial charge in [-0.1, -0.05) is 38.3 Å². The molecule has 0 spiro atoms. The van der Waals surface area contributed by atoms with Crippen LogP contribution >= 0.6 is 11.6 Å². The van der Waals surface area contributed by atoms with Crippen LogP contribution in [0.2, 0.25) is 5.02 Å². The number of nitrogens with one attached hydrogen (secondary N) is 1. The predicted molar refractivity (Wildman–Crippen MR) is 88.3 cm³/mol. The zero-order valence-corrected chi connectivity index (χ0v) is 13.9. The SMILES string of the molecule is CCCNC(Cc1cc(Cl)ccc1F)C1CCCC(C)C1. The fourth-order valence-corrected chi connectivity index (χ4v) is 3.71. The van der Waals surface area contributed by atoms with E-state index in [9.17, 15) is 4.39 Å². The third kappa shape index (κ3) is 4.96. The van der Waals surface area contributed by atoms with Crippen LogP contribution in [0.5, 0.6) is 0 Å². The van der Waals surface area contributed by atoms with Crippen LogP contribution in [-0.2, 0) is 6.42 Å².